The van der Waals surface area contributed by atoms with Gasteiger partial charge in [0.25, 0.3) is 5.56 Å². The number of esters is 1. The van der Waals surface area contributed by atoms with Gasteiger partial charge >= 0.3 is 5.97 Å². The number of fused-ring (bicyclic) bond motifs is 1. The van der Waals surface area contributed by atoms with Crippen molar-refractivity contribution in [2.75, 3.05) is 20.8 Å². The number of allylic oxidation sites excluding steroid dienone is 1. The highest BCUT2D eigenvalue weighted by atomic mass is 79.9. The van der Waals surface area contributed by atoms with E-state index in [9.17, 15) is 9.59 Å². The van der Waals surface area contributed by atoms with Crippen LogP contribution in [0.4, 0.5) is 0 Å². The van der Waals surface area contributed by atoms with E-state index in [1.807, 2.05) is 60.7 Å². The van der Waals surface area contributed by atoms with Crippen molar-refractivity contribution in [3.05, 3.63) is 119 Å². The van der Waals surface area contributed by atoms with Crippen molar-refractivity contribution in [3.63, 3.8) is 0 Å². The van der Waals surface area contributed by atoms with Crippen LogP contribution in [0.1, 0.15) is 36.6 Å². The van der Waals surface area contributed by atoms with Gasteiger partial charge < -0.3 is 18.9 Å². The summed E-state index contributed by atoms with van der Waals surface area (Å²) >= 11 is 4.86. The topological polar surface area (TPSA) is 88.4 Å². The van der Waals surface area contributed by atoms with Gasteiger partial charge in [-0.3, -0.25) is 9.36 Å². The van der Waals surface area contributed by atoms with Crippen LogP contribution < -0.4 is 29.1 Å². The van der Waals surface area contributed by atoms with E-state index in [2.05, 4.69) is 20.9 Å². The summed E-state index contributed by atoms with van der Waals surface area (Å²) in [5, 5.41) is 0. The lowest BCUT2D eigenvalue weighted by molar-refractivity contribution is -0.139. The molecule has 4 aromatic rings. The number of hydrogen-bond acceptors (Lipinski definition) is 8. The van der Waals surface area contributed by atoms with Crippen LogP contribution in [0, 0.1) is 0 Å². The number of carbonyl (C=O) groups is 1. The summed E-state index contributed by atoms with van der Waals surface area (Å²) < 4.78 is 25.1. The molecule has 5 rings (SSSR count). The molecule has 0 aliphatic carbocycles. The summed E-state index contributed by atoms with van der Waals surface area (Å²) in [6, 6.07) is 20.2. The number of halogens is 1. The van der Waals surface area contributed by atoms with Crippen LogP contribution >= 0.6 is 27.3 Å². The maximum Gasteiger partial charge on any atom is 0.338 e. The van der Waals surface area contributed by atoms with Crippen LogP contribution in [0.2, 0.25) is 0 Å². The smallest absolute Gasteiger partial charge is 0.338 e. The zero-order valence-electron chi connectivity index (χ0n) is 23.5. The highest BCUT2D eigenvalue weighted by Gasteiger charge is 2.34. The van der Waals surface area contributed by atoms with E-state index in [4.69, 9.17) is 18.9 Å². The fourth-order valence-corrected chi connectivity index (χ4v) is 6.30. The second-order valence-electron chi connectivity index (χ2n) is 9.38. The van der Waals surface area contributed by atoms with Crippen molar-refractivity contribution in [2.24, 2.45) is 4.99 Å². The summed E-state index contributed by atoms with van der Waals surface area (Å²) in [4.78, 5) is 32.2. The van der Waals surface area contributed by atoms with Crippen molar-refractivity contribution < 1.29 is 23.7 Å². The van der Waals surface area contributed by atoms with Crippen molar-refractivity contribution in [3.8, 4) is 17.2 Å². The SMILES string of the molecule is CCOC(=O)C1=C(C)N=c2s/c(=C/c3ccc(OCc4ccccc4)c(Br)c3)c(=O)n2[C@H]1c1ccc(OC)c(OC)c1. The second-order valence-corrected chi connectivity index (χ2v) is 11.2. The van der Waals surface area contributed by atoms with Crippen LogP contribution in [-0.4, -0.2) is 31.4 Å². The number of carbonyl (C=O) groups excluding carboxylic acids is 1. The molecule has 216 valence electrons. The molecule has 8 nitrogen and oxygen atoms in total. The molecule has 0 saturated heterocycles. The Morgan fingerprint density at radius 2 is 1.76 bits per heavy atom. The molecule has 1 aromatic heterocycles. The Bertz CT molecular complexity index is 1840. The minimum atomic E-state index is -0.761. The van der Waals surface area contributed by atoms with Gasteiger partial charge in [-0.15, -0.1) is 0 Å². The van der Waals surface area contributed by atoms with E-state index in [1.165, 1.54) is 18.4 Å². The summed E-state index contributed by atoms with van der Waals surface area (Å²) in [5.74, 6) is 1.19. The average Bonchev–Trinajstić information content (AvgIpc) is 3.29. The van der Waals surface area contributed by atoms with E-state index < -0.39 is 12.0 Å². The number of methoxy groups -OCH3 is 2. The van der Waals surface area contributed by atoms with E-state index in [0.29, 0.717) is 50.0 Å². The van der Waals surface area contributed by atoms with E-state index in [1.54, 1.807) is 37.7 Å². The van der Waals surface area contributed by atoms with Crippen LogP contribution in [0.15, 0.2) is 92.3 Å². The van der Waals surface area contributed by atoms with Gasteiger partial charge in [-0.1, -0.05) is 53.8 Å². The number of hydrogen-bond donors (Lipinski definition) is 0. The molecule has 1 aliphatic heterocycles. The zero-order valence-corrected chi connectivity index (χ0v) is 26.0. The van der Waals surface area contributed by atoms with Crippen molar-refractivity contribution in [1.82, 2.24) is 4.57 Å². The second kappa shape index (κ2) is 12.8. The third kappa shape index (κ3) is 5.91. The van der Waals surface area contributed by atoms with E-state index in [0.717, 1.165) is 15.6 Å². The number of benzene rings is 3. The number of ether oxygens (including phenoxy) is 4. The third-order valence-electron chi connectivity index (χ3n) is 6.73. The molecule has 0 saturated carbocycles. The Labute approximate surface area is 255 Å². The van der Waals surface area contributed by atoms with Gasteiger partial charge in [0.15, 0.2) is 16.3 Å². The zero-order chi connectivity index (χ0) is 29.8. The van der Waals surface area contributed by atoms with Gasteiger partial charge in [0.2, 0.25) is 0 Å². The monoisotopic (exact) mass is 648 g/mol. The molecular formula is C32H29BrN2O6S. The predicted molar refractivity (Wildman–Crippen MR) is 165 cm³/mol. The summed E-state index contributed by atoms with van der Waals surface area (Å²) in [5.41, 5.74) is 3.06. The maximum atomic E-state index is 13.9. The first-order valence-electron chi connectivity index (χ1n) is 13.2. The Hall–Kier alpha value is -4.15. The molecule has 3 aromatic carbocycles. The largest absolute Gasteiger partial charge is 0.493 e. The van der Waals surface area contributed by atoms with Crippen LogP contribution in [0.3, 0.4) is 0 Å². The summed E-state index contributed by atoms with van der Waals surface area (Å²) in [7, 11) is 3.09. The third-order valence-corrected chi connectivity index (χ3v) is 8.33. The molecule has 1 atom stereocenters. The molecule has 10 heteroatoms. The van der Waals surface area contributed by atoms with Crippen LogP contribution in [-0.2, 0) is 16.1 Å². The molecule has 0 unspecified atom stereocenters. The lowest BCUT2D eigenvalue weighted by atomic mass is 9.95. The maximum absolute atomic E-state index is 13.9. The Morgan fingerprint density at radius 1 is 1.02 bits per heavy atom. The standard InChI is InChI=1S/C32H29BrN2O6S/c1-5-40-31(37)28-19(2)34-32-35(29(28)22-12-14-25(38-3)26(17-22)39-4)30(36)27(42-32)16-21-11-13-24(23(33)15-21)41-18-20-9-7-6-8-10-20/h6-17,29H,5,18H2,1-4H3/b27-16+/t29-/m0/s1. The Morgan fingerprint density at radius 3 is 2.45 bits per heavy atom. The molecule has 0 N–H and O–H groups in total. The normalized spacial score (nSPS) is 14.7. The summed E-state index contributed by atoms with van der Waals surface area (Å²) in [6.07, 6.45) is 1.81. The van der Waals surface area contributed by atoms with Gasteiger partial charge in [0.1, 0.15) is 12.4 Å². The first-order valence-corrected chi connectivity index (χ1v) is 14.8. The molecule has 0 spiro atoms. The molecule has 1 aliphatic rings. The van der Waals surface area contributed by atoms with Crippen LogP contribution in [0.5, 0.6) is 17.2 Å². The lowest BCUT2D eigenvalue weighted by Gasteiger charge is -2.25. The fourth-order valence-electron chi connectivity index (χ4n) is 4.74. The molecule has 42 heavy (non-hydrogen) atoms. The van der Waals surface area contributed by atoms with Gasteiger partial charge in [-0.25, -0.2) is 9.79 Å². The van der Waals surface area contributed by atoms with Crippen molar-refractivity contribution in [1.29, 1.82) is 0 Å². The Kier molecular flexibility index (Phi) is 8.94. The molecule has 0 amide bonds. The minimum absolute atomic E-state index is 0.193. The first kappa shape index (κ1) is 29.3. The van der Waals surface area contributed by atoms with Crippen LogP contribution in [0.25, 0.3) is 6.08 Å². The van der Waals surface area contributed by atoms with Gasteiger partial charge in [0, 0.05) is 0 Å². The number of aromatic nitrogens is 1. The summed E-state index contributed by atoms with van der Waals surface area (Å²) in [6.45, 7) is 4.13. The fraction of sp³-hybridized carbons (Fsp3) is 0.219. The quantitative estimate of drug-likeness (QED) is 0.233. The highest BCUT2D eigenvalue weighted by molar-refractivity contribution is 9.10. The average molecular weight is 650 g/mol. The van der Waals surface area contributed by atoms with Gasteiger partial charge in [0.05, 0.1) is 47.1 Å². The molecule has 0 radical (unpaired) electrons. The van der Waals surface area contributed by atoms with Crippen molar-refractivity contribution >= 4 is 39.3 Å². The molecule has 0 fully saturated rings. The molecular weight excluding hydrogens is 620 g/mol. The number of thiazole rings is 1. The lowest BCUT2D eigenvalue weighted by Crippen LogP contribution is -2.39. The Balaban J connectivity index is 1.56. The number of nitrogens with zero attached hydrogens (tertiary/aromatic N) is 2. The van der Waals surface area contributed by atoms with E-state index in [-0.39, 0.29) is 12.2 Å². The predicted octanol–water partition coefficient (Wildman–Crippen LogP) is 5.16. The highest BCUT2D eigenvalue weighted by Crippen LogP contribution is 2.36. The van der Waals surface area contributed by atoms with E-state index >= 15 is 0 Å². The first-order chi connectivity index (χ1) is 20.3. The number of rotatable bonds is 9. The minimum Gasteiger partial charge on any atom is -0.493 e. The van der Waals surface area contributed by atoms with Gasteiger partial charge in [-0.2, -0.15) is 0 Å². The molecule has 0 bridgehead atoms. The van der Waals surface area contributed by atoms with Crippen molar-refractivity contribution in [2.45, 2.75) is 26.5 Å². The molecule has 2 heterocycles. The van der Waals surface area contributed by atoms with Gasteiger partial charge in [-0.05, 0) is 76.8 Å².